The van der Waals surface area contributed by atoms with Crippen LogP contribution in [0.25, 0.3) is 0 Å². The molecule has 1 N–H and O–H groups in total. The summed E-state index contributed by atoms with van der Waals surface area (Å²) < 4.78 is 0. The van der Waals surface area contributed by atoms with E-state index in [1.54, 1.807) is 12.1 Å². The van der Waals surface area contributed by atoms with Crippen LogP contribution in [-0.2, 0) is 6.42 Å². The molecule has 92 valence electrons. The number of carbonyl (C=O) groups is 1. The predicted octanol–water partition coefficient (Wildman–Crippen LogP) is 2.10. The molecule has 1 aromatic heterocycles. The quantitative estimate of drug-likeness (QED) is 0.917. The molecule has 1 aromatic carbocycles. The van der Waals surface area contributed by atoms with E-state index in [0.717, 1.165) is 12.0 Å². The van der Waals surface area contributed by atoms with E-state index >= 15 is 0 Å². The molecule has 0 aliphatic carbocycles. The maximum absolute atomic E-state index is 11.7. The number of nitrogens with one attached hydrogen (secondary N) is 1. The van der Waals surface area contributed by atoms with Crippen LogP contribution in [0.5, 0.6) is 0 Å². The topological polar surface area (TPSA) is 54.9 Å². The molecular formula is C13H12ClN3O. The van der Waals surface area contributed by atoms with Crippen molar-refractivity contribution in [2.24, 2.45) is 0 Å². The molecule has 5 heteroatoms. The second-order valence-electron chi connectivity index (χ2n) is 3.74. The molecule has 2 aromatic rings. The summed E-state index contributed by atoms with van der Waals surface area (Å²) in [5.74, 6) is -0.211. The van der Waals surface area contributed by atoms with Gasteiger partial charge in [-0.3, -0.25) is 4.79 Å². The van der Waals surface area contributed by atoms with E-state index in [-0.39, 0.29) is 5.91 Å². The van der Waals surface area contributed by atoms with Crippen molar-refractivity contribution in [3.05, 3.63) is 58.9 Å². The molecule has 0 unspecified atom stereocenters. The van der Waals surface area contributed by atoms with Crippen molar-refractivity contribution < 1.29 is 4.79 Å². The Labute approximate surface area is 110 Å². The minimum Gasteiger partial charge on any atom is -0.350 e. The lowest BCUT2D eigenvalue weighted by Gasteiger charge is -2.04. The summed E-state index contributed by atoms with van der Waals surface area (Å²) in [4.78, 5) is 11.7. The third-order valence-electron chi connectivity index (χ3n) is 2.42. The van der Waals surface area contributed by atoms with Crippen LogP contribution >= 0.6 is 11.6 Å². The van der Waals surface area contributed by atoms with Gasteiger partial charge in [0.2, 0.25) is 0 Å². The van der Waals surface area contributed by atoms with E-state index in [4.69, 9.17) is 11.6 Å². The molecule has 2 rings (SSSR count). The Balaban J connectivity index is 1.82. The molecule has 1 amide bonds. The smallest absolute Gasteiger partial charge is 0.271 e. The van der Waals surface area contributed by atoms with Crippen molar-refractivity contribution in [2.75, 3.05) is 6.54 Å². The third-order valence-corrected chi connectivity index (χ3v) is 2.67. The normalized spacial score (nSPS) is 10.1. The van der Waals surface area contributed by atoms with Gasteiger partial charge in [0.05, 0.1) is 0 Å². The number of aromatic nitrogens is 2. The first-order valence-corrected chi connectivity index (χ1v) is 5.94. The maximum atomic E-state index is 11.7. The number of benzene rings is 1. The average molecular weight is 262 g/mol. The van der Waals surface area contributed by atoms with Gasteiger partial charge in [0.1, 0.15) is 0 Å². The van der Waals surface area contributed by atoms with Crippen LogP contribution in [-0.4, -0.2) is 22.6 Å². The van der Waals surface area contributed by atoms with E-state index in [0.29, 0.717) is 17.3 Å². The van der Waals surface area contributed by atoms with Crippen LogP contribution in [0.3, 0.4) is 0 Å². The van der Waals surface area contributed by atoms with Gasteiger partial charge >= 0.3 is 0 Å². The summed E-state index contributed by atoms with van der Waals surface area (Å²) in [5, 5.41) is 10.9. The molecular weight excluding hydrogens is 250 g/mol. The van der Waals surface area contributed by atoms with E-state index in [1.165, 1.54) is 6.20 Å². The van der Waals surface area contributed by atoms with Crippen LogP contribution in [0.4, 0.5) is 0 Å². The number of hydrogen-bond acceptors (Lipinski definition) is 3. The summed E-state index contributed by atoms with van der Waals surface area (Å²) in [7, 11) is 0. The zero-order valence-electron chi connectivity index (χ0n) is 9.64. The molecule has 0 atom stereocenters. The molecule has 0 fully saturated rings. The van der Waals surface area contributed by atoms with Crippen LogP contribution in [0.15, 0.2) is 42.6 Å². The first kappa shape index (κ1) is 12.5. The van der Waals surface area contributed by atoms with Gasteiger partial charge in [0, 0.05) is 17.8 Å². The highest BCUT2D eigenvalue weighted by atomic mass is 35.5. The van der Waals surface area contributed by atoms with E-state index in [1.807, 2.05) is 24.3 Å². The second-order valence-corrected chi connectivity index (χ2v) is 4.18. The molecule has 0 bridgehead atoms. The van der Waals surface area contributed by atoms with Crippen molar-refractivity contribution in [3.63, 3.8) is 0 Å². The first-order valence-electron chi connectivity index (χ1n) is 5.56. The number of carbonyl (C=O) groups excluding carboxylic acids is 1. The monoisotopic (exact) mass is 261 g/mol. The standard InChI is InChI=1S/C13H12ClN3O/c14-11-5-3-10(4-6-11)7-9-15-13(18)12-2-1-8-16-17-12/h1-6,8H,7,9H2,(H,15,18). The fourth-order valence-electron chi connectivity index (χ4n) is 1.48. The molecule has 0 aliphatic rings. The number of hydrogen-bond donors (Lipinski definition) is 1. The second kappa shape index (κ2) is 6.12. The van der Waals surface area contributed by atoms with E-state index in [9.17, 15) is 4.79 Å². The number of halogens is 1. The Hall–Kier alpha value is -1.94. The molecule has 0 spiro atoms. The van der Waals surface area contributed by atoms with Crippen LogP contribution in [0, 0.1) is 0 Å². The van der Waals surface area contributed by atoms with Crippen molar-refractivity contribution in [3.8, 4) is 0 Å². The molecule has 0 saturated carbocycles. The molecule has 4 nitrogen and oxygen atoms in total. The predicted molar refractivity (Wildman–Crippen MR) is 69.5 cm³/mol. The van der Waals surface area contributed by atoms with Gasteiger partial charge in [0.15, 0.2) is 5.69 Å². The molecule has 0 radical (unpaired) electrons. The Bertz CT molecular complexity index is 514. The van der Waals surface area contributed by atoms with Crippen molar-refractivity contribution in [1.82, 2.24) is 15.5 Å². The van der Waals surface area contributed by atoms with Gasteiger partial charge in [-0.25, -0.2) is 0 Å². The largest absolute Gasteiger partial charge is 0.350 e. The van der Waals surface area contributed by atoms with Gasteiger partial charge in [-0.2, -0.15) is 5.10 Å². The third kappa shape index (κ3) is 3.53. The maximum Gasteiger partial charge on any atom is 0.271 e. The van der Waals surface area contributed by atoms with Crippen LogP contribution < -0.4 is 5.32 Å². The molecule has 18 heavy (non-hydrogen) atoms. The lowest BCUT2D eigenvalue weighted by Crippen LogP contribution is -2.26. The zero-order valence-corrected chi connectivity index (χ0v) is 10.4. The van der Waals surface area contributed by atoms with Gasteiger partial charge in [-0.1, -0.05) is 23.7 Å². The Kier molecular flexibility index (Phi) is 4.25. The zero-order chi connectivity index (χ0) is 12.8. The number of amides is 1. The Morgan fingerprint density at radius 2 is 2.00 bits per heavy atom. The Morgan fingerprint density at radius 1 is 1.22 bits per heavy atom. The molecule has 1 heterocycles. The fourth-order valence-corrected chi connectivity index (χ4v) is 1.61. The van der Waals surface area contributed by atoms with Crippen molar-refractivity contribution in [2.45, 2.75) is 6.42 Å². The van der Waals surface area contributed by atoms with E-state index < -0.39 is 0 Å². The van der Waals surface area contributed by atoms with Crippen LogP contribution in [0.1, 0.15) is 16.1 Å². The molecule has 0 aliphatic heterocycles. The number of nitrogens with zero attached hydrogens (tertiary/aromatic N) is 2. The van der Waals surface area contributed by atoms with Gasteiger partial charge in [-0.15, -0.1) is 5.10 Å². The summed E-state index contributed by atoms with van der Waals surface area (Å²) >= 11 is 5.79. The average Bonchev–Trinajstić information content (AvgIpc) is 2.42. The van der Waals surface area contributed by atoms with E-state index in [2.05, 4.69) is 15.5 Å². The van der Waals surface area contributed by atoms with Gasteiger partial charge in [-0.05, 0) is 36.2 Å². The highest BCUT2D eigenvalue weighted by Gasteiger charge is 2.05. The highest BCUT2D eigenvalue weighted by molar-refractivity contribution is 6.30. The van der Waals surface area contributed by atoms with Crippen LogP contribution in [0.2, 0.25) is 5.02 Å². The highest BCUT2D eigenvalue weighted by Crippen LogP contribution is 2.09. The summed E-state index contributed by atoms with van der Waals surface area (Å²) in [6, 6.07) is 10.9. The van der Waals surface area contributed by atoms with Crippen molar-refractivity contribution in [1.29, 1.82) is 0 Å². The minimum atomic E-state index is -0.211. The summed E-state index contributed by atoms with van der Waals surface area (Å²) in [5.41, 5.74) is 1.45. The summed E-state index contributed by atoms with van der Waals surface area (Å²) in [6.45, 7) is 0.553. The fraction of sp³-hybridized carbons (Fsp3) is 0.154. The lowest BCUT2D eigenvalue weighted by atomic mass is 10.1. The Morgan fingerprint density at radius 3 is 2.67 bits per heavy atom. The number of rotatable bonds is 4. The van der Waals surface area contributed by atoms with Crippen molar-refractivity contribution >= 4 is 17.5 Å². The van der Waals surface area contributed by atoms with Gasteiger partial charge in [0.25, 0.3) is 5.91 Å². The molecule has 0 saturated heterocycles. The summed E-state index contributed by atoms with van der Waals surface area (Å²) in [6.07, 6.45) is 2.29. The first-order chi connectivity index (χ1) is 8.75. The lowest BCUT2D eigenvalue weighted by molar-refractivity contribution is 0.0948. The minimum absolute atomic E-state index is 0.211. The SMILES string of the molecule is O=C(NCCc1ccc(Cl)cc1)c1cccnn1. The van der Waals surface area contributed by atoms with Gasteiger partial charge < -0.3 is 5.32 Å².